The first-order valence-corrected chi connectivity index (χ1v) is 7.06. The molecule has 0 spiro atoms. The molecule has 7 nitrogen and oxygen atoms in total. The van der Waals surface area contributed by atoms with Crippen LogP contribution in [0.25, 0.3) is 0 Å². The summed E-state index contributed by atoms with van der Waals surface area (Å²) in [6, 6.07) is 1.60. The van der Waals surface area contributed by atoms with Crippen LogP contribution in [0.4, 0.5) is 5.69 Å². The Morgan fingerprint density at radius 3 is 2.45 bits per heavy atom. The van der Waals surface area contributed by atoms with Crippen LogP contribution in [0.3, 0.4) is 0 Å². The lowest BCUT2D eigenvalue weighted by Crippen LogP contribution is -2.52. The number of carbonyl (C=O) groups is 1. The Hall–Kier alpha value is -1.67. The number of anilines is 1. The quantitative estimate of drug-likeness (QED) is 0.748. The number of nitrogens with two attached hydrogens (primary N) is 1. The molecule has 1 amide bonds. The van der Waals surface area contributed by atoms with Crippen molar-refractivity contribution in [1.82, 2.24) is 10.2 Å². The second-order valence-corrected chi connectivity index (χ2v) is 5.28. The summed E-state index contributed by atoms with van der Waals surface area (Å²) in [4.78, 5) is 14.1. The zero-order valence-corrected chi connectivity index (χ0v) is 11.7. The van der Waals surface area contributed by atoms with Gasteiger partial charge >= 0.3 is 11.6 Å². The van der Waals surface area contributed by atoms with Crippen LogP contribution in [-0.2, 0) is 11.6 Å². The summed E-state index contributed by atoms with van der Waals surface area (Å²) in [5.74, 6) is 1.49. The Morgan fingerprint density at radius 2 is 1.95 bits per heavy atom. The summed E-state index contributed by atoms with van der Waals surface area (Å²) in [5.41, 5.74) is 6.07. The highest BCUT2D eigenvalue weighted by molar-refractivity contribution is 7.51. The van der Waals surface area contributed by atoms with Gasteiger partial charge in [0, 0.05) is 19.2 Å². The van der Waals surface area contributed by atoms with Crippen LogP contribution >= 0.6 is 0 Å². The van der Waals surface area contributed by atoms with Crippen LogP contribution in [0.1, 0.15) is 17.0 Å². The maximum Gasteiger partial charge on any atom is 0.335 e. The van der Waals surface area contributed by atoms with Gasteiger partial charge in [-0.3, -0.25) is 4.79 Å². The fraction of sp³-hybridized carbons (Fsp3) is 0.583. The number of carbonyl (C=O) groups excluding carboxylic acids is 1. The van der Waals surface area contributed by atoms with Crippen LogP contribution in [0.2, 0.25) is 0 Å². The number of amides is 1. The third-order valence-electron chi connectivity index (χ3n) is 3.61. The number of fused-ring (bicyclic) bond motifs is 2. The summed E-state index contributed by atoms with van der Waals surface area (Å²) in [7, 11) is 0. The van der Waals surface area contributed by atoms with E-state index in [4.69, 9.17) is 18.6 Å². The molecular weight excluding hydrogens is 282 g/mol. The molecule has 20 heavy (non-hydrogen) atoms. The number of furan rings is 1. The van der Waals surface area contributed by atoms with Crippen molar-refractivity contribution in [1.29, 1.82) is 0 Å². The molecule has 0 radical (unpaired) electrons. The van der Waals surface area contributed by atoms with Crippen molar-refractivity contribution >= 4 is 23.2 Å². The zero-order chi connectivity index (χ0) is 14.5. The first-order chi connectivity index (χ1) is 9.63. The Labute approximate surface area is 120 Å². The monoisotopic (exact) mass is 299 g/mol. The van der Waals surface area contributed by atoms with E-state index in [0.29, 0.717) is 23.3 Å². The van der Waals surface area contributed by atoms with E-state index in [1.165, 1.54) is 12.7 Å². The minimum absolute atomic E-state index is 0.0294. The van der Waals surface area contributed by atoms with Gasteiger partial charge in [-0.15, -0.1) is 0 Å². The van der Waals surface area contributed by atoms with Gasteiger partial charge in [0.2, 0.25) is 0 Å². The van der Waals surface area contributed by atoms with Gasteiger partial charge in [0.1, 0.15) is 6.26 Å². The number of nitrogen functional groups attached to an aromatic ring is 1. The van der Waals surface area contributed by atoms with Gasteiger partial charge in [-0.2, -0.15) is 8.42 Å². The predicted octanol–water partition coefficient (Wildman–Crippen LogP) is -0.127. The molecule has 110 valence electrons. The van der Waals surface area contributed by atoms with E-state index >= 15 is 0 Å². The van der Waals surface area contributed by atoms with Crippen molar-refractivity contribution in [3.8, 4) is 0 Å². The average Bonchev–Trinajstić information content (AvgIpc) is 2.85. The Morgan fingerprint density at radius 1 is 1.35 bits per heavy atom. The van der Waals surface area contributed by atoms with Gasteiger partial charge in [0.05, 0.1) is 5.69 Å². The lowest BCUT2D eigenvalue weighted by atomic mass is 9.86. The minimum atomic E-state index is -0.750. The number of nitrogens with zero attached hydrogens (tertiary/aromatic N) is 1. The first-order valence-electron chi connectivity index (χ1n) is 6.39. The van der Waals surface area contributed by atoms with Crippen molar-refractivity contribution in [2.75, 3.05) is 31.9 Å². The number of piperidine rings is 2. The van der Waals surface area contributed by atoms with Crippen LogP contribution in [-0.4, -0.2) is 45.4 Å². The molecule has 0 aliphatic carbocycles. The van der Waals surface area contributed by atoms with Crippen molar-refractivity contribution in [2.24, 2.45) is 11.8 Å². The SMILES string of the molecule is Nc1coc(C(=O)N2CC3CNCC(C3)C2)c1.O=S=O. The van der Waals surface area contributed by atoms with Crippen LogP contribution < -0.4 is 11.1 Å². The van der Waals surface area contributed by atoms with Crippen LogP contribution in [0.5, 0.6) is 0 Å². The Balaban J connectivity index is 0.000000452. The average molecular weight is 299 g/mol. The molecule has 2 fully saturated rings. The fourth-order valence-electron chi connectivity index (χ4n) is 2.89. The van der Waals surface area contributed by atoms with Gasteiger partial charge in [-0.25, -0.2) is 0 Å². The van der Waals surface area contributed by atoms with E-state index in [2.05, 4.69) is 5.32 Å². The predicted molar refractivity (Wildman–Crippen MR) is 72.4 cm³/mol. The summed E-state index contributed by atoms with van der Waals surface area (Å²) >= 11 is -0.750. The van der Waals surface area contributed by atoms with E-state index in [1.807, 2.05) is 4.90 Å². The minimum Gasteiger partial charge on any atom is -0.457 e. The Kier molecular flexibility index (Phi) is 4.91. The largest absolute Gasteiger partial charge is 0.457 e. The number of rotatable bonds is 1. The molecule has 2 saturated heterocycles. The maximum atomic E-state index is 12.2. The summed E-state index contributed by atoms with van der Waals surface area (Å²) < 4.78 is 21.8. The molecule has 3 heterocycles. The molecule has 8 heteroatoms. The van der Waals surface area contributed by atoms with Gasteiger partial charge in [-0.05, 0) is 31.3 Å². The maximum absolute atomic E-state index is 12.2. The van der Waals surface area contributed by atoms with Crippen LogP contribution in [0, 0.1) is 11.8 Å². The summed E-state index contributed by atoms with van der Waals surface area (Å²) in [5, 5.41) is 3.41. The number of hydrogen-bond donors (Lipinski definition) is 2. The molecule has 0 saturated carbocycles. The molecule has 2 atom stereocenters. The van der Waals surface area contributed by atoms with Gasteiger partial charge < -0.3 is 20.4 Å². The zero-order valence-electron chi connectivity index (χ0n) is 10.9. The van der Waals surface area contributed by atoms with Gasteiger partial charge in [0.25, 0.3) is 5.91 Å². The van der Waals surface area contributed by atoms with E-state index in [1.54, 1.807) is 6.07 Å². The van der Waals surface area contributed by atoms with E-state index in [-0.39, 0.29) is 5.91 Å². The molecule has 0 aromatic carbocycles. The standard InChI is InChI=1S/C12H17N3O2.O2S/c13-10-2-11(17-7-10)12(16)15-5-8-1-9(6-15)4-14-3-8;1-3-2/h2,7-9,14H,1,3-6,13H2;. The highest BCUT2D eigenvalue weighted by atomic mass is 32.1. The smallest absolute Gasteiger partial charge is 0.335 e. The molecule has 2 bridgehead atoms. The molecule has 3 N–H and O–H groups in total. The van der Waals surface area contributed by atoms with Gasteiger partial charge in [0.15, 0.2) is 5.76 Å². The number of likely N-dealkylation sites (tertiary alicyclic amines) is 1. The molecule has 1 aromatic rings. The first kappa shape index (κ1) is 14.7. The summed E-state index contributed by atoms with van der Waals surface area (Å²) in [6.07, 6.45) is 2.65. The molecule has 2 aliphatic heterocycles. The van der Waals surface area contributed by atoms with Gasteiger partial charge in [-0.1, -0.05) is 0 Å². The van der Waals surface area contributed by atoms with E-state index in [9.17, 15) is 4.79 Å². The van der Waals surface area contributed by atoms with E-state index in [0.717, 1.165) is 26.2 Å². The molecule has 1 aromatic heterocycles. The van der Waals surface area contributed by atoms with Crippen molar-refractivity contribution in [3.05, 3.63) is 18.1 Å². The van der Waals surface area contributed by atoms with Crippen molar-refractivity contribution in [2.45, 2.75) is 6.42 Å². The topological polar surface area (TPSA) is 106 Å². The highest BCUT2D eigenvalue weighted by Gasteiger charge is 2.33. The lowest BCUT2D eigenvalue weighted by molar-refractivity contribution is 0.0508. The third kappa shape index (κ3) is 3.45. The Bertz CT molecular complexity index is 501. The lowest BCUT2D eigenvalue weighted by Gasteiger charge is -2.41. The second kappa shape index (κ2) is 6.67. The number of nitrogens with one attached hydrogen (secondary N) is 1. The normalized spacial score (nSPS) is 24.5. The molecule has 3 rings (SSSR count). The van der Waals surface area contributed by atoms with E-state index < -0.39 is 11.6 Å². The molecule has 2 unspecified atom stereocenters. The molecule has 2 aliphatic rings. The van der Waals surface area contributed by atoms with Crippen LogP contribution in [0.15, 0.2) is 16.7 Å². The fourth-order valence-corrected chi connectivity index (χ4v) is 2.89. The van der Waals surface area contributed by atoms with Crippen molar-refractivity contribution in [3.63, 3.8) is 0 Å². The third-order valence-corrected chi connectivity index (χ3v) is 3.61. The summed E-state index contributed by atoms with van der Waals surface area (Å²) in [6.45, 7) is 3.67. The second-order valence-electron chi connectivity index (χ2n) is 5.15. The van der Waals surface area contributed by atoms with Crippen molar-refractivity contribution < 1.29 is 17.6 Å². The molecular formula is C12H17N3O4S. The highest BCUT2D eigenvalue weighted by Crippen LogP contribution is 2.26. The number of hydrogen-bond acceptors (Lipinski definition) is 6.